The first-order valence-corrected chi connectivity index (χ1v) is 6.70. The van der Waals surface area contributed by atoms with Crippen molar-refractivity contribution in [2.24, 2.45) is 0 Å². The van der Waals surface area contributed by atoms with Gasteiger partial charge in [0.1, 0.15) is 11.9 Å². The Bertz CT molecular complexity index is 407. The number of nitrogens with one attached hydrogen (secondary N) is 1. The molecular formula is C11H13FIN3O2. The normalized spacial score (nSPS) is 16.4. The van der Waals surface area contributed by atoms with Crippen LogP contribution in [0, 0.1) is 5.82 Å². The quantitative estimate of drug-likeness (QED) is 0.646. The number of ether oxygens (including phenoxy) is 1. The molecule has 98 valence electrons. The monoisotopic (exact) mass is 365 g/mol. The first kappa shape index (κ1) is 13.3. The van der Waals surface area contributed by atoms with E-state index in [2.05, 4.69) is 8.51 Å². The molecule has 0 spiro atoms. The van der Waals surface area contributed by atoms with Crippen molar-refractivity contribution in [1.29, 1.82) is 0 Å². The van der Waals surface area contributed by atoms with E-state index in [4.69, 9.17) is 4.74 Å². The van der Waals surface area contributed by atoms with Gasteiger partial charge in [-0.15, -0.1) is 0 Å². The molecule has 1 aromatic rings. The van der Waals surface area contributed by atoms with Gasteiger partial charge in [-0.05, 0) is 6.07 Å². The summed E-state index contributed by atoms with van der Waals surface area (Å²) in [6.45, 7) is 1.31. The van der Waals surface area contributed by atoms with E-state index in [1.165, 1.54) is 12.1 Å². The van der Waals surface area contributed by atoms with Crippen molar-refractivity contribution in [3.05, 3.63) is 24.1 Å². The number of carbonyl (C=O) groups is 1. The SMILES string of the molecule is O=C(NI)N1CCC(Oc2ccc(F)cn2)CC1. The fourth-order valence-corrected chi connectivity index (χ4v) is 2.18. The summed E-state index contributed by atoms with van der Waals surface area (Å²) in [6, 6.07) is 2.76. The maximum absolute atomic E-state index is 12.7. The Hall–Kier alpha value is -1.12. The van der Waals surface area contributed by atoms with Crippen molar-refractivity contribution in [2.75, 3.05) is 13.1 Å². The molecule has 1 aromatic heterocycles. The van der Waals surface area contributed by atoms with Crippen molar-refractivity contribution < 1.29 is 13.9 Å². The number of nitrogens with zero attached hydrogens (tertiary/aromatic N) is 2. The van der Waals surface area contributed by atoms with E-state index in [1.54, 1.807) is 4.90 Å². The van der Waals surface area contributed by atoms with Crippen LogP contribution >= 0.6 is 22.9 Å². The first-order valence-electron chi connectivity index (χ1n) is 5.63. The molecule has 0 saturated carbocycles. The molecule has 2 rings (SSSR count). The number of likely N-dealkylation sites (tertiary alicyclic amines) is 1. The number of urea groups is 1. The molecule has 5 nitrogen and oxygen atoms in total. The molecule has 0 aliphatic carbocycles. The van der Waals surface area contributed by atoms with E-state index in [0.29, 0.717) is 19.0 Å². The zero-order valence-electron chi connectivity index (χ0n) is 9.60. The van der Waals surface area contributed by atoms with Crippen LogP contribution < -0.4 is 8.27 Å². The summed E-state index contributed by atoms with van der Waals surface area (Å²) in [5.41, 5.74) is 0. The molecule has 2 heterocycles. The fourth-order valence-electron chi connectivity index (χ4n) is 1.84. The average Bonchev–Trinajstić information content (AvgIpc) is 2.41. The largest absolute Gasteiger partial charge is 0.474 e. The number of halogens is 2. The van der Waals surface area contributed by atoms with Gasteiger partial charge in [0, 0.05) is 32.0 Å². The zero-order chi connectivity index (χ0) is 13.0. The molecule has 0 radical (unpaired) electrons. The third-order valence-electron chi connectivity index (χ3n) is 2.80. The highest BCUT2D eigenvalue weighted by molar-refractivity contribution is 14.1. The standard InChI is InChI=1S/C11H13FIN3O2/c12-8-1-2-10(14-7-8)18-9-3-5-16(6-4-9)11(17)15-13/h1-2,7,9H,3-6H2,(H,15,17). The summed E-state index contributed by atoms with van der Waals surface area (Å²) in [7, 11) is 0. The summed E-state index contributed by atoms with van der Waals surface area (Å²) >= 11 is 1.82. The zero-order valence-corrected chi connectivity index (χ0v) is 11.8. The van der Waals surface area contributed by atoms with Crippen molar-refractivity contribution >= 4 is 28.9 Å². The minimum Gasteiger partial charge on any atom is -0.474 e. The number of amides is 2. The topological polar surface area (TPSA) is 54.5 Å². The Labute approximate surface area is 118 Å². The third kappa shape index (κ3) is 3.44. The highest BCUT2D eigenvalue weighted by atomic mass is 127. The highest BCUT2D eigenvalue weighted by Gasteiger charge is 2.23. The fraction of sp³-hybridized carbons (Fsp3) is 0.455. The highest BCUT2D eigenvalue weighted by Crippen LogP contribution is 2.17. The van der Waals surface area contributed by atoms with E-state index < -0.39 is 0 Å². The van der Waals surface area contributed by atoms with Crippen molar-refractivity contribution in [2.45, 2.75) is 18.9 Å². The summed E-state index contributed by atoms with van der Waals surface area (Å²) in [6.07, 6.45) is 2.67. The van der Waals surface area contributed by atoms with Gasteiger partial charge in [-0.25, -0.2) is 14.2 Å². The van der Waals surface area contributed by atoms with Gasteiger partial charge in [-0.1, -0.05) is 0 Å². The van der Waals surface area contributed by atoms with Crippen LogP contribution in [-0.4, -0.2) is 35.1 Å². The molecule has 1 N–H and O–H groups in total. The molecule has 1 aliphatic rings. The third-order valence-corrected chi connectivity index (χ3v) is 3.26. The molecule has 18 heavy (non-hydrogen) atoms. The van der Waals surface area contributed by atoms with Crippen LogP contribution in [0.25, 0.3) is 0 Å². The lowest BCUT2D eigenvalue weighted by Gasteiger charge is -2.31. The Morgan fingerprint density at radius 1 is 1.50 bits per heavy atom. The number of hydrogen-bond acceptors (Lipinski definition) is 3. The summed E-state index contributed by atoms with van der Waals surface area (Å²) in [5.74, 6) is 0.0454. The van der Waals surface area contributed by atoms with Crippen LogP contribution in [0.4, 0.5) is 9.18 Å². The van der Waals surface area contributed by atoms with Gasteiger partial charge in [0.05, 0.1) is 29.1 Å². The second kappa shape index (κ2) is 6.17. The van der Waals surface area contributed by atoms with Gasteiger partial charge in [0.25, 0.3) is 0 Å². The van der Waals surface area contributed by atoms with Gasteiger partial charge in [0.2, 0.25) is 5.88 Å². The molecule has 1 aliphatic heterocycles. The van der Waals surface area contributed by atoms with E-state index in [9.17, 15) is 9.18 Å². The molecule has 0 unspecified atom stereocenters. The molecule has 1 saturated heterocycles. The first-order chi connectivity index (χ1) is 8.69. The van der Waals surface area contributed by atoms with E-state index >= 15 is 0 Å². The van der Waals surface area contributed by atoms with Crippen LogP contribution in [0.2, 0.25) is 0 Å². The molecular weight excluding hydrogens is 352 g/mol. The predicted octanol–water partition coefficient (Wildman–Crippen LogP) is 2.12. The second-order valence-electron chi connectivity index (χ2n) is 4.02. The molecule has 0 atom stereocenters. The Morgan fingerprint density at radius 2 is 2.22 bits per heavy atom. The van der Waals surface area contributed by atoms with Crippen LogP contribution in [0.3, 0.4) is 0 Å². The maximum Gasteiger partial charge on any atom is 0.326 e. The number of carbonyl (C=O) groups excluding carboxylic acids is 1. The van der Waals surface area contributed by atoms with Crippen LogP contribution in [-0.2, 0) is 0 Å². The lowest BCUT2D eigenvalue weighted by Crippen LogP contribution is -2.44. The number of rotatable bonds is 2. The Balaban J connectivity index is 1.83. The molecule has 1 fully saturated rings. The van der Waals surface area contributed by atoms with Gasteiger partial charge >= 0.3 is 6.03 Å². The Morgan fingerprint density at radius 3 is 2.78 bits per heavy atom. The Kier molecular flexibility index (Phi) is 4.56. The molecule has 0 bridgehead atoms. The number of pyridine rings is 1. The number of piperidine rings is 1. The molecule has 2 amide bonds. The maximum atomic E-state index is 12.7. The number of aromatic nitrogens is 1. The van der Waals surface area contributed by atoms with E-state index in [1.807, 2.05) is 22.9 Å². The van der Waals surface area contributed by atoms with Crippen molar-refractivity contribution in [1.82, 2.24) is 13.4 Å². The second-order valence-corrected chi connectivity index (χ2v) is 4.56. The lowest BCUT2D eigenvalue weighted by molar-refractivity contribution is 0.109. The predicted molar refractivity (Wildman–Crippen MR) is 72.0 cm³/mol. The van der Waals surface area contributed by atoms with Gasteiger partial charge in [0.15, 0.2) is 0 Å². The molecule has 0 aromatic carbocycles. The van der Waals surface area contributed by atoms with E-state index in [-0.39, 0.29) is 18.0 Å². The number of hydrogen-bond donors (Lipinski definition) is 1. The van der Waals surface area contributed by atoms with Crippen molar-refractivity contribution in [3.63, 3.8) is 0 Å². The average molecular weight is 365 g/mol. The molecule has 7 heteroatoms. The van der Waals surface area contributed by atoms with Gasteiger partial charge in [-0.2, -0.15) is 0 Å². The summed E-state index contributed by atoms with van der Waals surface area (Å²) < 4.78 is 20.9. The lowest BCUT2D eigenvalue weighted by atomic mass is 10.1. The summed E-state index contributed by atoms with van der Waals surface area (Å²) in [5, 5.41) is 0. The smallest absolute Gasteiger partial charge is 0.326 e. The van der Waals surface area contributed by atoms with Gasteiger partial charge in [-0.3, -0.25) is 3.53 Å². The van der Waals surface area contributed by atoms with Crippen LogP contribution in [0.5, 0.6) is 5.88 Å². The van der Waals surface area contributed by atoms with E-state index in [0.717, 1.165) is 19.0 Å². The minimum atomic E-state index is -0.379. The minimum absolute atomic E-state index is 0.0289. The van der Waals surface area contributed by atoms with Crippen LogP contribution in [0.1, 0.15) is 12.8 Å². The summed E-state index contributed by atoms with van der Waals surface area (Å²) in [4.78, 5) is 17.0. The van der Waals surface area contributed by atoms with Crippen LogP contribution in [0.15, 0.2) is 18.3 Å². The van der Waals surface area contributed by atoms with Gasteiger partial charge < -0.3 is 9.64 Å². The van der Waals surface area contributed by atoms with Crippen molar-refractivity contribution in [3.8, 4) is 5.88 Å².